The van der Waals surface area contributed by atoms with Crippen molar-refractivity contribution < 1.29 is 18.4 Å². The topological polar surface area (TPSA) is 75.4 Å². The lowest BCUT2D eigenvalue weighted by Crippen LogP contribution is -2.49. The van der Waals surface area contributed by atoms with Gasteiger partial charge in [0, 0.05) is 35.6 Å². The molecule has 2 aromatic rings. The van der Waals surface area contributed by atoms with Crippen molar-refractivity contribution in [2.75, 3.05) is 13.1 Å². The van der Waals surface area contributed by atoms with Gasteiger partial charge in [-0.05, 0) is 68.1 Å². The van der Waals surface area contributed by atoms with Crippen LogP contribution in [0.5, 0.6) is 0 Å². The molecule has 1 atom stereocenters. The predicted molar refractivity (Wildman–Crippen MR) is 129 cm³/mol. The average Bonchev–Trinajstić information content (AvgIpc) is 3.50. The first-order valence-corrected chi connectivity index (χ1v) is 12.2. The second kappa shape index (κ2) is 9.38. The molecule has 0 unspecified atom stereocenters. The summed E-state index contributed by atoms with van der Waals surface area (Å²) in [7, 11) is 0. The van der Waals surface area contributed by atoms with Crippen molar-refractivity contribution in [2.45, 2.75) is 32.2 Å². The summed E-state index contributed by atoms with van der Waals surface area (Å²) in [5, 5.41) is 5.03. The van der Waals surface area contributed by atoms with Crippen molar-refractivity contribution in [1.82, 2.24) is 15.2 Å². The molecular weight excluding hydrogens is 453 g/mol. The molecule has 0 spiro atoms. The molecule has 3 heterocycles. The molecule has 1 aromatic carbocycles. The Morgan fingerprint density at radius 2 is 2.09 bits per heavy atom. The summed E-state index contributed by atoms with van der Waals surface area (Å²) in [6.07, 6.45) is 4.26. The van der Waals surface area contributed by atoms with Crippen LogP contribution in [0.15, 0.2) is 58.5 Å². The Kier molecular flexibility index (Phi) is 6.15. The van der Waals surface area contributed by atoms with Crippen molar-refractivity contribution in [2.24, 2.45) is 0 Å². The van der Waals surface area contributed by atoms with Gasteiger partial charge in [-0.15, -0.1) is 11.3 Å². The maximum atomic E-state index is 14.4. The van der Waals surface area contributed by atoms with Crippen LogP contribution in [0, 0.1) is 12.7 Å². The number of nitrogens with zero attached hydrogens (tertiary/aromatic N) is 2. The molecule has 3 aliphatic rings. The first-order valence-electron chi connectivity index (χ1n) is 11.3. The fraction of sp³-hybridized carbons (Fsp3) is 0.269. The Morgan fingerprint density at radius 1 is 1.21 bits per heavy atom. The van der Waals surface area contributed by atoms with E-state index in [2.05, 4.69) is 10.3 Å². The van der Waals surface area contributed by atoms with Gasteiger partial charge in [0.05, 0.1) is 17.5 Å². The number of aryl methyl sites for hydroxylation is 1. The molecular formula is C26H24FN3O3S. The summed E-state index contributed by atoms with van der Waals surface area (Å²) in [5.74, 6) is -0.0663. The maximum absolute atomic E-state index is 14.4. The molecule has 174 valence electrons. The summed E-state index contributed by atoms with van der Waals surface area (Å²) in [6.45, 7) is 2.78. The van der Waals surface area contributed by atoms with Crippen molar-refractivity contribution in [3.63, 3.8) is 0 Å². The number of amides is 2. The van der Waals surface area contributed by atoms with Crippen molar-refractivity contribution in [3.05, 3.63) is 76.1 Å². The molecule has 1 fully saturated rings. The van der Waals surface area contributed by atoms with Gasteiger partial charge < -0.3 is 14.6 Å². The Hall–Kier alpha value is -3.52. The van der Waals surface area contributed by atoms with E-state index in [1.54, 1.807) is 40.8 Å². The highest BCUT2D eigenvalue weighted by Crippen LogP contribution is 2.29. The number of carbonyl (C=O) groups excluding carboxylic acids is 2. The maximum Gasteiger partial charge on any atom is 0.283 e. The Balaban J connectivity index is 1.29. The van der Waals surface area contributed by atoms with E-state index < -0.39 is 0 Å². The quantitative estimate of drug-likeness (QED) is 0.419. The van der Waals surface area contributed by atoms with Gasteiger partial charge in [-0.1, -0.05) is 6.07 Å². The van der Waals surface area contributed by atoms with Gasteiger partial charge in [0.2, 0.25) is 0 Å². The molecule has 1 aliphatic carbocycles. The zero-order valence-corrected chi connectivity index (χ0v) is 19.5. The van der Waals surface area contributed by atoms with E-state index in [9.17, 15) is 14.0 Å². The van der Waals surface area contributed by atoms with E-state index in [1.165, 1.54) is 17.4 Å². The Morgan fingerprint density at radius 3 is 2.94 bits per heavy atom. The number of halogens is 1. The van der Waals surface area contributed by atoms with Crippen molar-refractivity contribution in [1.29, 1.82) is 0 Å². The fourth-order valence-electron chi connectivity index (χ4n) is 4.42. The second-order valence-electron chi connectivity index (χ2n) is 8.52. The number of benzene rings is 1. The number of hydrogen-bond acceptors (Lipinski definition) is 5. The smallest absolute Gasteiger partial charge is 0.283 e. The van der Waals surface area contributed by atoms with Crippen LogP contribution >= 0.6 is 11.3 Å². The minimum atomic E-state index is -0.351. The SMILES string of the molecule is Cc1ccc(-c2csc(C(=O)N3CCCC[C@H]3CNC(=O)c3ccc4occcc3-4)n2)c(F)c1. The summed E-state index contributed by atoms with van der Waals surface area (Å²) in [6, 6.07) is 12.0. The van der Waals surface area contributed by atoms with Crippen LogP contribution in [-0.4, -0.2) is 40.8 Å². The van der Waals surface area contributed by atoms with Crippen LogP contribution in [0.2, 0.25) is 0 Å². The highest BCUT2D eigenvalue weighted by Gasteiger charge is 2.30. The summed E-state index contributed by atoms with van der Waals surface area (Å²) in [5.41, 5.74) is 2.99. The Bertz CT molecular complexity index is 1310. The minimum Gasteiger partial charge on any atom is -0.464 e. The molecule has 8 heteroatoms. The van der Waals surface area contributed by atoms with Gasteiger partial charge in [0.25, 0.3) is 11.8 Å². The predicted octanol–water partition coefficient (Wildman–Crippen LogP) is 5.38. The Labute approximate surface area is 200 Å². The van der Waals surface area contributed by atoms with Gasteiger partial charge in [-0.3, -0.25) is 9.59 Å². The van der Waals surface area contributed by atoms with Gasteiger partial charge >= 0.3 is 0 Å². The molecule has 0 saturated carbocycles. The molecule has 6 nitrogen and oxygen atoms in total. The van der Waals surface area contributed by atoms with Crippen molar-refractivity contribution in [3.8, 4) is 22.6 Å². The molecule has 1 N–H and O–H groups in total. The van der Waals surface area contributed by atoms with E-state index in [1.807, 2.05) is 19.1 Å². The molecule has 0 bridgehead atoms. The van der Waals surface area contributed by atoms with E-state index in [0.29, 0.717) is 40.7 Å². The monoisotopic (exact) mass is 477 g/mol. The molecule has 1 aromatic heterocycles. The summed E-state index contributed by atoms with van der Waals surface area (Å²) in [4.78, 5) is 32.3. The number of rotatable bonds is 5. The lowest BCUT2D eigenvalue weighted by Gasteiger charge is -2.35. The molecule has 2 amide bonds. The number of aromatic nitrogens is 1. The van der Waals surface area contributed by atoms with E-state index in [-0.39, 0.29) is 23.7 Å². The average molecular weight is 478 g/mol. The zero-order chi connectivity index (χ0) is 23.7. The van der Waals surface area contributed by atoms with Crippen LogP contribution in [0.1, 0.15) is 45.0 Å². The highest BCUT2D eigenvalue weighted by molar-refractivity contribution is 7.12. The normalized spacial score (nSPS) is 16.1. The summed E-state index contributed by atoms with van der Waals surface area (Å²) >= 11 is 1.22. The van der Waals surface area contributed by atoms with Crippen LogP contribution in [-0.2, 0) is 0 Å². The van der Waals surface area contributed by atoms with Crippen molar-refractivity contribution >= 4 is 23.2 Å². The molecule has 5 rings (SSSR count). The number of thiazole rings is 1. The second-order valence-corrected chi connectivity index (χ2v) is 9.38. The van der Waals surface area contributed by atoms with E-state index >= 15 is 0 Å². The lowest BCUT2D eigenvalue weighted by molar-refractivity contribution is 0.0602. The number of carbonyl (C=O) groups is 2. The molecule has 2 aliphatic heterocycles. The van der Waals surface area contributed by atoms with Gasteiger partial charge in [0.15, 0.2) is 5.01 Å². The standard InChI is InChI=1S/C26H24FN3O3S/c1-16-7-8-20(21(27)13-16)22-15-34-25(29-22)26(32)30-11-3-2-5-17(30)14-28-24(31)19-9-10-23-18(19)6-4-12-33-23/h4,6-10,12-13,15,17H,2-3,5,11,14H2,1H3,(H,28,31)/t17-/m0/s1. The third kappa shape index (κ3) is 4.33. The lowest BCUT2D eigenvalue weighted by atomic mass is 10.0. The first kappa shape index (κ1) is 22.3. The number of fused-ring (bicyclic) bond motifs is 1. The highest BCUT2D eigenvalue weighted by atomic mass is 32.1. The third-order valence-electron chi connectivity index (χ3n) is 6.21. The number of piperidine rings is 1. The van der Waals surface area contributed by atoms with Crippen LogP contribution in [0.4, 0.5) is 4.39 Å². The molecule has 1 saturated heterocycles. The van der Waals surface area contributed by atoms with E-state index in [4.69, 9.17) is 4.42 Å². The zero-order valence-electron chi connectivity index (χ0n) is 18.7. The van der Waals surface area contributed by atoms with Gasteiger partial charge in [-0.25, -0.2) is 9.37 Å². The number of likely N-dealkylation sites (tertiary alicyclic amines) is 1. The van der Waals surface area contributed by atoms with E-state index in [0.717, 1.165) is 30.4 Å². The van der Waals surface area contributed by atoms with Crippen LogP contribution in [0.25, 0.3) is 22.6 Å². The summed E-state index contributed by atoms with van der Waals surface area (Å²) < 4.78 is 19.8. The third-order valence-corrected chi connectivity index (χ3v) is 7.04. The van der Waals surface area contributed by atoms with Gasteiger partial charge in [-0.2, -0.15) is 0 Å². The largest absolute Gasteiger partial charge is 0.464 e. The van der Waals surface area contributed by atoms with Gasteiger partial charge in [0.1, 0.15) is 11.6 Å². The molecule has 0 radical (unpaired) electrons. The minimum absolute atomic E-state index is 0.125. The van der Waals surface area contributed by atoms with Crippen LogP contribution < -0.4 is 5.32 Å². The molecule has 34 heavy (non-hydrogen) atoms. The van der Waals surface area contributed by atoms with Crippen LogP contribution in [0.3, 0.4) is 0 Å². The number of hydrogen-bond donors (Lipinski definition) is 1. The fourth-order valence-corrected chi connectivity index (χ4v) is 5.20. The number of nitrogens with one attached hydrogen (secondary N) is 1. The first-order chi connectivity index (χ1) is 16.5.